The molecule has 7 nitrogen and oxygen atoms in total. The second-order valence-corrected chi connectivity index (χ2v) is 8.48. The standard InChI is InChI=1S/C22H22N6OS/c1-15(23)17-2-5-21-25-26-22(28(21)14-17)30-19-3-4-20-18(11-19)10-16(12-24-20)13-27-6-8-29-9-7-27/h2-5,10-12,14,23H,6-9,13H2,1H3. The van der Waals surface area contributed by atoms with E-state index in [9.17, 15) is 0 Å². The lowest BCUT2D eigenvalue weighted by molar-refractivity contribution is 0.0341. The topological polar surface area (TPSA) is 79.4 Å². The minimum atomic E-state index is 0.520. The number of pyridine rings is 2. The van der Waals surface area contributed by atoms with Gasteiger partial charge in [-0.25, -0.2) is 0 Å². The maximum atomic E-state index is 7.88. The van der Waals surface area contributed by atoms with Crippen molar-refractivity contribution < 1.29 is 4.74 Å². The van der Waals surface area contributed by atoms with Crippen LogP contribution in [0.3, 0.4) is 0 Å². The van der Waals surface area contributed by atoms with E-state index in [0.29, 0.717) is 5.71 Å². The summed E-state index contributed by atoms with van der Waals surface area (Å²) in [6.07, 6.45) is 3.89. The number of ether oxygens (including phenoxy) is 1. The molecule has 0 atom stereocenters. The Labute approximate surface area is 178 Å². The van der Waals surface area contributed by atoms with Crippen LogP contribution in [0.15, 0.2) is 58.8 Å². The molecule has 152 valence electrons. The summed E-state index contributed by atoms with van der Waals surface area (Å²) in [4.78, 5) is 8.12. The molecule has 30 heavy (non-hydrogen) atoms. The van der Waals surface area contributed by atoms with Crippen molar-refractivity contribution in [2.24, 2.45) is 0 Å². The summed E-state index contributed by atoms with van der Waals surface area (Å²) >= 11 is 1.56. The fraction of sp³-hybridized carbons (Fsp3) is 0.273. The largest absolute Gasteiger partial charge is 0.379 e. The van der Waals surface area contributed by atoms with E-state index in [4.69, 9.17) is 10.1 Å². The van der Waals surface area contributed by atoms with Gasteiger partial charge in [-0.2, -0.15) is 0 Å². The number of nitrogens with one attached hydrogen (secondary N) is 1. The van der Waals surface area contributed by atoms with E-state index in [1.165, 1.54) is 5.56 Å². The average Bonchev–Trinajstić information content (AvgIpc) is 3.16. The highest BCUT2D eigenvalue weighted by Gasteiger charge is 2.12. The maximum absolute atomic E-state index is 7.88. The molecule has 0 radical (unpaired) electrons. The van der Waals surface area contributed by atoms with Gasteiger partial charge in [-0.1, -0.05) is 0 Å². The van der Waals surface area contributed by atoms with Gasteiger partial charge in [0.2, 0.25) is 0 Å². The predicted molar refractivity (Wildman–Crippen MR) is 117 cm³/mol. The minimum absolute atomic E-state index is 0.520. The van der Waals surface area contributed by atoms with Crippen LogP contribution in [0.4, 0.5) is 0 Å². The van der Waals surface area contributed by atoms with Crippen molar-refractivity contribution in [2.75, 3.05) is 26.3 Å². The van der Waals surface area contributed by atoms with Gasteiger partial charge >= 0.3 is 0 Å². The van der Waals surface area contributed by atoms with Crippen molar-refractivity contribution in [3.05, 3.63) is 59.9 Å². The SMILES string of the molecule is CC(=N)c1ccc2nnc(Sc3ccc4ncc(CN5CCOCC5)cc4c3)n2c1. The maximum Gasteiger partial charge on any atom is 0.200 e. The molecule has 1 aliphatic rings. The Morgan fingerprint density at radius 2 is 2.00 bits per heavy atom. The van der Waals surface area contributed by atoms with Gasteiger partial charge in [0.1, 0.15) is 0 Å². The van der Waals surface area contributed by atoms with Crippen LogP contribution in [0.2, 0.25) is 0 Å². The molecule has 0 amide bonds. The Morgan fingerprint density at radius 3 is 2.83 bits per heavy atom. The lowest BCUT2D eigenvalue weighted by Gasteiger charge is -2.26. The van der Waals surface area contributed by atoms with E-state index in [1.807, 2.05) is 35.0 Å². The molecule has 0 saturated carbocycles. The van der Waals surface area contributed by atoms with Gasteiger partial charge < -0.3 is 10.1 Å². The quantitative estimate of drug-likeness (QED) is 0.499. The van der Waals surface area contributed by atoms with Crippen molar-refractivity contribution in [1.29, 1.82) is 5.41 Å². The fourth-order valence-electron chi connectivity index (χ4n) is 3.59. The average molecular weight is 419 g/mol. The molecule has 4 heterocycles. The summed E-state index contributed by atoms with van der Waals surface area (Å²) in [5.41, 5.74) is 4.35. The van der Waals surface area contributed by atoms with Crippen LogP contribution in [0.25, 0.3) is 16.6 Å². The van der Waals surface area contributed by atoms with Gasteiger partial charge in [0.15, 0.2) is 10.8 Å². The summed E-state index contributed by atoms with van der Waals surface area (Å²) < 4.78 is 7.38. The zero-order valence-corrected chi connectivity index (χ0v) is 17.5. The third kappa shape index (κ3) is 3.94. The molecular formula is C22H22N6OS. The Hall–Kier alpha value is -2.81. The van der Waals surface area contributed by atoms with Crippen molar-refractivity contribution in [3.8, 4) is 0 Å². The molecule has 3 aromatic heterocycles. The summed E-state index contributed by atoms with van der Waals surface area (Å²) in [6, 6.07) is 12.3. The zero-order valence-electron chi connectivity index (χ0n) is 16.7. The van der Waals surface area contributed by atoms with Gasteiger partial charge in [0.05, 0.1) is 18.7 Å². The van der Waals surface area contributed by atoms with Gasteiger partial charge in [-0.15, -0.1) is 10.2 Å². The van der Waals surface area contributed by atoms with Gasteiger partial charge in [0.25, 0.3) is 0 Å². The lowest BCUT2D eigenvalue weighted by atomic mass is 10.1. The number of benzene rings is 1. The first-order valence-corrected chi connectivity index (χ1v) is 10.7. The van der Waals surface area contributed by atoms with E-state index >= 15 is 0 Å². The van der Waals surface area contributed by atoms with Gasteiger partial charge in [-0.05, 0) is 60.6 Å². The number of morpholine rings is 1. The fourth-order valence-corrected chi connectivity index (χ4v) is 4.45. The summed E-state index contributed by atoms with van der Waals surface area (Å²) in [5.74, 6) is 0. The van der Waals surface area contributed by atoms with E-state index in [1.54, 1.807) is 18.7 Å². The van der Waals surface area contributed by atoms with E-state index in [2.05, 4.69) is 38.3 Å². The second-order valence-electron chi connectivity index (χ2n) is 7.44. The Bertz CT molecular complexity index is 1230. The molecule has 4 aromatic rings. The molecule has 1 aliphatic heterocycles. The van der Waals surface area contributed by atoms with Crippen LogP contribution >= 0.6 is 11.8 Å². The van der Waals surface area contributed by atoms with Gasteiger partial charge in [-0.3, -0.25) is 14.3 Å². The summed E-state index contributed by atoms with van der Waals surface area (Å²) in [5, 5.41) is 18.4. The van der Waals surface area contributed by atoms with Crippen LogP contribution in [0.1, 0.15) is 18.1 Å². The molecule has 0 unspecified atom stereocenters. The molecule has 0 bridgehead atoms. The molecule has 8 heteroatoms. The number of aromatic nitrogens is 4. The van der Waals surface area contributed by atoms with Crippen LogP contribution < -0.4 is 0 Å². The number of hydrogen-bond acceptors (Lipinski definition) is 7. The molecule has 1 fully saturated rings. The van der Waals surface area contributed by atoms with Crippen LogP contribution in [-0.2, 0) is 11.3 Å². The number of fused-ring (bicyclic) bond motifs is 2. The molecule has 1 saturated heterocycles. The van der Waals surface area contributed by atoms with Crippen molar-refractivity contribution >= 4 is 34.0 Å². The number of hydrogen-bond donors (Lipinski definition) is 1. The van der Waals surface area contributed by atoms with Crippen molar-refractivity contribution in [1.82, 2.24) is 24.5 Å². The number of rotatable bonds is 5. The zero-order chi connectivity index (χ0) is 20.5. The Balaban J connectivity index is 1.42. The first kappa shape index (κ1) is 19.2. The normalized spacial score (nSPS) is 15.1. The Morgan fingerprint density at radius 1 is 1.13 bits per heavy atom. The summed E-state index contributed by atoms with van der Waals surface area (Å²) in [7, 11) is 0. The Kier molecular flexibility index (Phi) is 5.20. The molecule has 0 aliphatic carbocycles. The first-order chi connectivity index (χ1) is 14.7. The van der Waals surface area contributed by atoms with Crippen molar-refractivity contribution in [2.45, 2.75) is 23.5 Å². The third-order valence-corrected chi connectivity index (χ3v) is 6.18. The molecular weight excluding hydrogens is 396 g/mol. The second kappa shape index (κ2) is 8.14. The molecule has 1 N–H and O–H groups in total. The lowest BCUT2D eigenvalue weighted by Crippen LogP contribution is -2.35. The molecule has 5 rings (SSSR count). The van der Waals surface area contributed by atoms with E-state index < -0.39 is 0 Å². The molecule has 0 spiro atoms. The highest BCUT2D eigenvalue weighted by atomic mass is 32.2. The van der Waals surface area contributed by atoms with Crippen LogP contribution in [-0.4, -0.2) is 56.5 Å². The number of nitrogens with zero attached hydrogens (tertiary/aromatic N) is 5. The first-order valence-electron chi connectivity index (χ1n) is 9.93. The van der Waals surface area contributed by atoms with Crippen LogP contribution in [0.5, 0.6) is 0 Å². The highest BCUT2D eigenvalue weighted by molar-refractivity contribution is 7.99. The third-order valence-electron chi connectivity index (χ3n) is 5.23. The monoisotopic (exact) mass is 418 g/mol. The summed E-state index contributed by atoms with van der Waals surface area (Å²) in [6.45, 7) is 6.20. The van der Waals surface area contributed by atoms with Crippen LogP contribution in [0, 0.1) is 5.41 Å². The predicted octanol–water partition coefficient (Wildman–Crippen LogP) is 3.65. The smallest absolute Gasteiger partial charge is 0.200 e. The van der Waals surface area contributed by atoms with E-state index in [0.717, 1.165) is 65.0 Å². The van der Waals surface area contributed by atoms with Crippen molar-refractivity contribution in [3.63, 3.8) is 0 Å². The highest BCUT2D eigenvalue weighted by Crippen LogP contribution is 2.29. The van der Waals surface area contributed by atoms with Gasteiger partial charge in [0, 0.05) is 53.6 Å². The van der Waals surface area contributed by atoms with E-state index in [-0.39, 0.29) is 0 Å². The molecule has 1 aromatic carbocycles. The minimum Gasteiger partial charge on any atom is -0.379 e.